The first-order valence-corrected chi connectivity index (χ1v) is 10.6. The molecule has 0 aromatic heterocycles. The van der Waals surface area contributed by atoms with Crippen LogP contribution >= 0.6 is 0 Å². The highest BCUT2D eigenvalue weighted by atomic mass is 19.2. The number of aryl methyl sites for hydroxylation is 1. The molecule has 0 heterocycles. The lowest BCUT2D eigenvalue weighted by atomic mass is 9.83. The molecular formula is C26H21F5O2. The monoisotopic (exact) mass is 460 g/mol. The Bertz CT molecular complexity index is 1240. The maximum atomic E-state index is 14.8. The van der Waals surface area contributed by atoms with Crippen molar-refractivity contribution in [2.45, 2.75) is 32.1 Å². The summed E-state index contributed by atoms with van der Waals surface area (Å²) in [6.45, 7) is 0. The van der Waals surface area contributed by atoms with E-state index in [2.05, 4.69) is 0 Å². The second kappa shape index (κ2) is 9.25. The van der Waals surface area contributed by atoms with Gasteiger partial charge in [-0.2, -0.15) is 8.78 Å². The SMILES string of the molecule is Oc1ccc(CCC2CC=C(c3ccc(-c4ccc(O)c(F)c4F)cc3F)CC2)c(F)c1F. The standard InChI is InChI=1S/C26H21F5O2/c27-20-13-17(19-10-12-22(33)26(31)24(19)29)7-9-18(20)15-4-1-14(2-5-15)3-6-16-8-11-21(32)25(30)23(16)28/h4,7-14,32-33H,1-3,5-6H2. The summed E-state index contributed by atoms with van der Waals surface area (Å²) < 4.78 is 70.0. The van der Waals surface area contributed by atoms with Crippen LogP contribution in [0.4, 0.5) is 22.0 Å². The van der Waals surface area contributed by atoms with Gasteiger partial charge in [0.25, 0.3) is 0 Å². The van der Waals surface area contributed by atoms with E-state index in [1.807, 2.05) is 6.08 Å². The van der Waals surface area contributed by atoms with Crippen LogP contribution in [0, 0.1) is 35.0 Å². The molecule has 3 aromatic rings. The molecule has 1 unspecified atom stereocenters. The van der Waals surface area contributed by atoms with E-state index in [4.69, 9.17) is 0 Å². The van der Waals surface area contributed by atoms with Crippen LogP contribution in [-0.2, 0) is 6.42 Å². The van der Waals surface area contributed by atoms with Crippen LogP contribution in [0.3, 0.4) is 0 Å². The average Bonchev–Trinajstić information content (AvgIpc) is 2.81. The minimum absolute atomic E-state index is 0.147. The largest absolute Gasteiger partial charge is 0.505 e. The number of hydrogen-bond acceptors (Lipinski definition) is 2. The predicted molar refractivity (Wildman–Crippen MR) is 115 cm³/mol. The van der Waals surface area contributed by atoms with E-state index in [9.17, 15) is 32.2 Å². The molecular weight excluding hydrogens is 439 g/mol. The second-order valence-corrected chi connectivity index (χ2v) is 8.24. The van der Waals surface area contributed by atoms with E-state index in [1.165, 1.54) is 24.3 Å². The Kier molecular flexibility index (Phi) is 6.40. The maximum absolute atomic E-state index is 14.8. The van der Waals surface area contributed by atoms with E-state index in [-0.39, 0.29) is 22.6 Å². The van der Waals surface area contributed by atoms with Gasteiger partial charge in [0.1, 0.15) is 5.82 Å². The van der Waals surface area contributed by atoms with Gasteiger partial charge >= 0.3 is 0 Å². The predicted octanol–water partition coefficient (Wildman–Crippen LogP) is 7.28. The Balaban J connectivity index is 1.45. The molecule has 0 radical (unpaired) electrons. The minimum Gasteiger partial charge on any atom is -0.505 e. The molecule has 2 N–H and O–H groups in total. The molecule has 1 atom stereocenters. The highest BCUT2D eigenvalue weighted by molar-refractivity contribution is 5.72. The van der Waals surface area contributed by atoms with Crippen molar-refractivity contribution >= 4 is 5.57 Å². The molecule has 0 saturated heterocycles. The molecule has 0 bridgehead atoms. The molecule has 1 aliphatic rings. The molecule has 4 rings (SSSR count). The van der Waals surface area contributed by atoms with Gasteiger partial charge in [-0.25, -0.2) is 13.2 Å². The Morgan fingerprint density at radius 1 is 0.758 bits per heavy atom. The first-order chi connectivity index (χ1) is 15.8. The third-order valence-electron chi connectivity index (χ3n) is 6.17. The van der Waals surface area contributed by atoms with Gasteiger partial charge in [-0.15, -0.1) is 0 Å². The average molecular weight is 460 g/mol. The molecule has 3 aromatic carbocycles. The number of phenolic OH excluding ortho intramolecular Hbond substituents is 2. The second-order valence-electron chi connectivity index (χ2n) is 8.24. The lowest BCUT2D eigenvalue weighted by Crippen LogP contribution is -2.08. The summed E-state index contributed by atoms with van der Waals surface area (Å²) in [5.74, 6) is -6.77. The van der Waals surface area contributed by atoms with Crippen molar-refractivity contribution in [2.75, 3.05) is 0 Å². The van der Waals surface area contributed by atoms with Gasteiger partial charge in [0.2, 0.25) is 11.6 Å². The molecule has 0 amide bonds. The molecule has 7 heteroatoms. The third kappa shape index (κ3) is 4.58. The van der Waals surface area contributed by atoms with Gasteiger partial charge in [0.15, 0.2) is 23.1 Å². The number of halogens is 5. The fraction of sp³-hybridized carbons (Fsp3) is 0.231. The molecule has 33 heavy (non-hydrogen) atoms. The van der Waals surface area contributed by atoms with Crippen LogP contribution in [0.1, 0.15) is 36.8 Å². The number of aromatic hydroxyl groups is 2. The summed E-state index contributed by atoms with van der Waals surface area (Å²) in [7, 11) is 0. The number of allylic oxidation sites excluding steroid dienone is 2. The molecule has 0 aliphatic heterocycles. The first kappa shape index (κ1) is 22.8. The lowest BCUT2D eigenvalue weighted by Gasteiger charge is -2.23. The number of rotatable bonds is 5. The van der Waals surface area contributed by atoms with E-state index in [1.54, 1.807) is 0 Å². The van der Waals surface area contributed by atoms with Crippen LogP contribution in [0.25, 0.3) is 16.7 Å². The fourth-order valence-corrected chi connectivity index (χ4v) is 4.23. The van der Waals surface area contributed by atoms with Gasteiger partial charge < -0.3 is 10.2 Å². The van der Waals surface area contributed by atoms with Crippen molar-refractivity contribution in [2.24, 2.45) is 5.92 Å². The summed E-state index contributed by atoms with van der Waals surface area (Å²) >= 11 is 0. The summed E-state index contributed by atoms with van der Waals surface area (Å²) in [6.07, 6.45) is 4.85. The van der Waals surface area contributed by atoms with E-state index < -0.39 is 40.6 Å². The number of phenols is 2. The van der Waals surface area contributed by atoms with Crippen LogP contribution < -0.4 is 0 Å². The Hall–Kier alpha value is -3.35. The quantitative estimate of drug-likeness (QED) is 0.393. The fourth-order valence-electron chi connectivity index (χ4n) is 4.23. The smallest absolute Gasteiger partial charge is 0.200 e. The zero-order valence-corrected chi connectivity index (χ0v) is 17.5. The normalized spacial score (nSPS) is 16.0. The summed E-state index contributed by atoms with van der Waals surface area (Å²) in [4.78, 5) is 0. The Morgan fingerprint density at radius 3 is 2.09 bits per heavy atom. The molecule has 0 spiro atoms. The van der Waals surface area contributed by atoms with Crippen molar-refractivity contribution < 1.29 is 32.2 Å². The Labute approximate surface area is 187 Å². The van der Waals surface area contributed by atoms with E-state index >= 15 is 0 Å². The Morgan fingerprint density at radius 2 is 1.42 bits per heavy atom. The van der Waals surface area contributed by atoms with Gasteiger partial charge in [-0.05, 0) is 79.0 Å². The van der Waals surface area contributed by atoms with Crippen LogP contribution in [-0.4, -0.2) is 10.2 Å². The molecule has 0 fully saturated rings. The molecule has 0 saturated carbocycles. The number of benzene rings is 3. The lowest BCUT2D eigenvalue weighted by molar-refractivity contribution is 0.399. The molecule has 172 valence electrons. The van der Waals surface area contributed by atoms with Gasteiger partial charge in [-0.3, -0.25) is 0 Å². The zero-order chi connectivity index (χ0) is 23.7. The van der Waals surface area contributed by atoms with Gasteiger partial charge in [0, 0.05) is 11.1 Å². The van der Waals surface area contributed by atoms with Crippen molar-refractivity contribution in [3.8, 4) is 22.6 Å². The first-order valence-electron chi connectivity index (χ1n) is 10.6. The van der Waals surface area contributed by atoms with E-state index in [0.717, 1.165) is 30.2 Å². The maximum Gasteiger partial charge on any atom is 0.200 e. The van der Waals surface area contributed by atoms with Crippen molar-refractivity contribution in [3.05, 3.63) is 88.8 Å². The van der Waals surface area contributed by atoms with Crippen LogP contribution in [0.15, 0.2) is 48.5 Å². The summed E-state index contributed by atoms with van der Waals surface area (Å²) in [6, 6.07) is 8.88. The summed E-state index contributed by atoms with van der Waals surface area (Å²) in [5.41, 5.74) is 1.40. The van der Waals surface area contributed by atoms with Crippen molar-refractivity contribution in [1.29, 1.82) is 0 Å². The molecule has 1 aliphatic carbocycles. The summed E-state index contributed by atoms with van der Waals surface area (Å²) in [5, 5.41) is 18.5. The number of hydrogen-bond donors (Lipinski definition) is 2. The van der Waals surface area contributed by atoms with Gasteiger partial charge in [-0.1, -0.05) is 24.3 Å². The van der Waals surface area contributed by atoms with Crippen LogP contribution in [0.2, 0.25) is 0 Å². The zero-order valence-electron chi connectivity index (χ0n) is 17.5. The highest BCUT2D eigenvalue weighted by Crippen LogP contribution is 2.36. The van der Waals surface area contributed by atoms with E-state index in [0.29, 0.717) is 31.2 Å². The minimum atomic E-state index is -1.38. The highest BCUT2D eigenvalue weighted by Gasteiger charge is 2.21. The topological polar surface area (TPSA) is 40.5 Å². The third-order valence-corrected chi connectivity index (χ3v) is 6.17. The van der Waals surface area contributed by atoms with Crippen LogP contribution in [0.5, 0.6) is 11.5 Å². The molecule has 2 nitrogen and oxygen atoms in total. The van der Waals surface area contributed by atoms with Crippen molar-refractivity contribution in [1.82, 2.24) is 0 Å². The van der Waals surface area contributed by atoms with Gasteiger partial charge in [0.05, 0.1) is 0 Å². The van der Waals surface area contributed by atoms with Crippen molar-refractivity contribution in [3.63, 3.8) is 0 Å².